The lowest BCUT2D eigenvalue weighted by molar-refractivity contribution is -0.131. The highest BCUT2D eigenvalue weighted by molar-refractivity contribution is 6.30. The molecule has 6 nitrogen and oxygen atoms in total. The van der Waals surface area contributed by atoms with E-state index in [4.69, 9.17) is 16.3 Å². The molecular weight excluding hydrogens is 376 g/mol. The van der Waals surface area contributed by atoms with E-state index in [1.807, 2.05) is 48.7 Å². The maximum Gasteiger partial charge on any atom is 0.246 e. The van der Waals surface area contributed by atoms with E-state index in [0.29, 0.717) is 24.7 Å². The van der Waals surface area contributed by atoms with E-state index in [9.17, 15) is 4.79 Å². The van der Waals surface area contributed by atoms with E-state index >= 15 is 0 Å². The Morgan fingerprint density at radius 2 is 1.89 bits per heavy atom. The van der Waals surface area contributed by atoms with Crippen LogP contribution in [-0.4, -0.2) is 38.9 Å². The van der Waals surface area contributed by atoms with Crippen molar-refractivity contribution in [2.75, 3.05) is 13.1 Å². The molecule has 2 heterocycles. The smallest absolute Gasteiger partial charge is 0.246 e. The first-order valence-electron chi connectivity index (χ1n) is 8.98. The summed E-state index contributed by atoms with van der Waals surface area (Å²) in [5, 5.41) is 8.99. The zero-order valence-electron chi connectivity index (χ0n) is 15.1. The number of hydrogen-bond donors (Lipinski definition) is 0. The van der Waals surface area contributed by atoms with Crippen LogP contribution in [0, 0.1) is 0 Å². The summed E-state index contributed by atoms with van der Waals surface area (Å²) in [7, 11) is 0. The highest BCUT2D eigenvalue weighted by Crippen LogP contribution is 2.21. The monoisotopic (exact) mass is 394 g/mol. The normalized spacial score (nSPS) is 14.2. The molecule has 3 aromatic rings. The minimum atomic E-state index is -0.0149. The molecule has 0 saturated carbocycles. The Balaban J connectivity index is 1.26. The lowest BCUT2D eigenvalue weighted by atomic mass is 10.1. The summed E-state index contributed by atoms with van der Waals surface area (Å²) in [6.45, 7) is 1.60. The van der Waals surface area contributed by atoms with E-state index in [2.05, 4.69) is 10.3 Å². The number of nitrogens with zero attached hydrogens (tertiary/aromatic N) is 4. The van der Waals surface area contributed by atoms with Crippen LogP contribution < -0.4 is 4.74 Å². The fourth-order valence-corrected chi connectivity index (χ4v) is 3.01. The third kappa shape index (κ3) is 4.40. The number of ether oxygens (including phenoxy) is 1. The summed E-state index contributed by atoms with van der Waals surface area (Å²) in [6, 6.07) is 17.1. The van der Waals surface area contributed by atoms with Crippen molar-refractivity contribution in [2.24, 2.45) is 0 Å². The van der Waals surface area contributed by atoms with Crippen molar-refractivity contribution in [3.63, 3.8) is 0 Å². The van der Waals surface area contributed by atoms with Crippen LogP contribution in [0.25, 0.3) is 6.08 Å². The average molecular weight is 395 g/mol. The second-order valence-corrected chi connectivity index (χ2v) is 7.01. The predicted octanol–water partition coefficient (Wildman–Crippen LogP) is 3.61. The molecule has 1 fully saturated rings. The standard InChI is InChI=1S/C21H19ClN4O2/c22-17-9-6-16(7-10-17)8-11-21(27)25-13-19(14-25)26-12-18(23-24-26)15-28-20-4-2-1-3-5-20/h1-12,19H,13-15H2/b11-8+. The van der Waals surface area contributed by atoms with Crippen LogP contribution in [0.5, 0.6) is 5.75 Å². The van der Waals surface area contributed by atoms with Crippen molar-refractivity contribution in [3.8, 4) is 5.75 Å². The van der Waals surface area contributed by atoms with Gasteiger partial charge in [-0.3, -0.25) is 4.79 Å². The number of hydrogen-bond acceptors (Lipinski definition) is 4. The molecule has 0 aliphatic carbocycles. The highest BCUT2D eigenvalue weighted by Gasteiger charge is 2.31. The lowest BCUT2D eigenvalue weighted by Crippen LogP contribution is -2.50. The van der Waals surface area contributed by atoms with Gasteiger partial charge < -0.3 is 9.64 Å². The van der Waals surface area contributed by atoms with Gasteiger partial charge in [0.15, 0.2) is 0 Å². The van der Waals surface area contributed by atoms with Crippen molar-refractivity contribution in [1.82, 2.24) is 19.9 Å². The molecule has 2 aromatic carbocycles. The van der Waals surface area contributed by atoms with Crippen molar-refractivity contribution in [3.05, 3.63) is 83.2 Å². The lowest BCUT2D eigenvalue weighted by Gasteiger charge is -2.38. The molecule has 142 valence electrons. The van der Waals surface area contributed by atoms with Crippen LogP contribution in [0.1, 0.15) is 17.3 Å². The van der Waals surface area contributed by atoms with Crippen molar-refractivity contribution < 1.29 is 9.53 Å². The minimum Gasteiger partial charge on any atom is -0.487 e. The molecule has 1 aromatic heterocycles. The quantitative estimate of drug-likeness (QED) is 0.599. The molecule has 0 N–H and O–H groups in total. The number of benzene rings is 2. The molecule has 1 aliphatic rings. The SMILES string of the molecule is O=C(/C=C/c1ccc(Cl)cc1)N1CC(n2cc(COc3ccccc3)nn2)C1. The third-order valence-corrected chi connectivity index (χ3v) is 4.78. The third-order valence-electron chi connectivity index (χ3n) is 4.52. The number of rotatable bonds is 6. The molecule has 0 unspecified atom stereocenters. The summed E-state index contributed by atoms with van der Waals surface area (Å²) in [5.74, 6) is 0.781. The van der Waals surface area contributed by atoms with Gasteiger partial charge in [0.05, 0.1) is 12.2 Å². The first-order valence-corrected chi connectivity index (χ1v) is 9.36. The summed E-state index contributed by atoms with van der Waals surface area (Å²) in [4.78, 5) is 14.0. The fraction of sp³-hybridized carbons (Fsp3) is 0.190. The van der Waals surface area contributed by atoms with Gasteiger partial charge in [-0.05, 0) is 35.9 Å². The summed E-state index contributed by atoms with van der Waals surface area (Å²) in [5.41, 5.74) is 1.70. The topological polar surface area (TPSA) is 60.2 Å². The van der Waals surface area contributed by atoms with E-state index < -0.39 is 0 Å². The molecule has 0 bridgehead atoms. The highest BCUT2D eigenvalue weighted by atomic mass is 35.5. The maximum atomic E-state index is 12.3. The van der Waals surface area contributed by atoms with Gasteiger partial charge in [-0.25, -0.2) is 4.68 Å². The Morgan fingerprint density at radius 3 is 2.64 bits per heavy atom. The van der Waals surface area contributed by atoms with E-state index in [0.717, 1.165) is 17.0 Å². The van der Waals surface area contributed by atoms with Crippen LogP contribution in [0.2, 0.25) is 5.02 Å². The van der Waals surface area contributed by atoms with Gasteiger partial charge in [0.25, 0.3) is 0 Å². The number of amides is 1. The minimum absolute atomic E-state index is 0.0149. The van der Waals surface area contributed by atoms with Gasteiger partial charge in [-0.2, -0.15) is 0 Å². The number of carbonyl (C=O) groups excluding carboxylic acids is 1. The maximum absolute atomic E-state index is 12.3. The number of para-hydroxylation sites is 1. The predicted molar refractivity (Wildman–Crippen MR) is 107 cm³/mol. The first-order chi connectivity index (χ1) is 13.7. The van der Waals surface area contributed by atoms with Crippen molar-refractivity contribution >= 4 is 23.6 Å². The van der Waals surface area contributed by atoms with Gasteiger partial charge >= 0.3 is 0 Å². The number of carbonyl (C=O) groups is 1. The van der Waals surface area contributed by atoms with Crippen LogP contribution in [0.15, 0.2) is 66.9 Å². The van der Waals surface area contributed by atoms with Gasteiger partial charge in [-0.15, -0.1) is 5.10 Å². The molecular formula is C21H19ClN4O2. The Labute approximate surface area is 168 Å². The molecule has 0 atom stereocenters. The zero-order valence-corrected chi connectivity index (χ0v) is 15.9. The van der Waals surface area contributed by atoms with Gasteiger partial charge in [-0.1, -0.05) is 47.1 Å². The Bertz CT molecular complexity index is 964. The van der Waals surface area contributed by atoms with Crippen LogP contribution >= 0.6 is 11.6 Å². The van der Waals surface area contributed by atoms with Gasteiger partial charge in [0.2, 0.25) is 5.91 Å². The number of likely N-dealkylation sites (tertiary alicyclic amines) is 1. The van der Waals surface area contributed by atoms with Crippen LogP contribution in [-0.2, 0) is 11.4 Å². The first kappa shape index (κ1) is 18.3. The molecule has 1 amide bonds. The fourth-order valence-electron chi connectivity index (χ4n) is 2.88. The molecule has 1 saturated heterocycles. The van der Waals surface area contributed by atoms with Gasteiger partial charge in [0.1, 0.15) is 18.1 Å². The Hall–Kier alpha value is -3.12. The Kier molecular flexibility index (Phi) is 5.39. The van der Waals surface area contributed by atoms with E-state index in [1.54, 1.807) is 33.9 Å². The second-order valence-electron chi connectivity index (χ2n) is 6.57. The molecule has 28 heavy (non-hydrogen) atoms. The van der Waals surface area contributed by atoms with Crippen LogP contribution in [0.4, 0.5) is 0 Å². The molecule has 7 heteroatoms. The van der Waals surface area contributed by atoms with Crippen LogP contribution in [0.3, 0.4) is 0 Å². The van der Waals surface area contributed by atoms with Gasteiger partial charge in [0, 0.05) is 24.2 Å². The molecule has 1 aliphatic heterocycles. The second kappa shape index (κ2) is 8.27. The Morgan fingerprint density at radius 1 is 1.14 bits per heavy atom. The van der Waals surface area contributed by atoms with E-state index in [1.165, 1.54) is 0 Å². The van der Waals surface area contributed by atoms with Crippen molar-refractivity contribution in [1.29, 1.82) is 0 Å². The zero-order chi connectivity index (χ0) is 19.3. The number of aromatic nitrogens is 3. The molecule has 0 radical (unpaired) electrons. The van der Waals surface area contributed by atoms with Crippen molar-refractivity contribution in [2.45, 2.75) is 12.6 Å². The summed E-state index contributed by atoms with van der Waals surface area (Å²) < 4.78 is 7.48. The number of halogens is 1. The van der Waals surface area contributed by atoms with E-state index in [-0.39, 0.29) is 11.9 Å². The molecule has 4 rings (SSSR count). The summed E-state index contributed by atoms with van der Waals surface area (Å²) >= 11 is 5.86. The molecule has 0 spiro atoms. The summed E-state index contributed by atoms with van der Waals surface area (Å²) in [6.07, 6.45) is 5.25. The largest absolute Gasteiger partial charge is 0.487 e. The average Bonchev–Trinajstić information content (AvgIpc) is 3.14.